The molecule has 86 valence electrons. The van der Waals surface area contributed by atoms with E-state index in [1.807, 2.05) is 25.7 Å². The summed E-state index contributed by atoms with van der Waals surface area (Å²) in [5.41, 5.74) is -0.385. The summed E-state index contributed by atoms with van der Waals surface area (Å²) in [6.45, 7) is 7.60. The standard InChI is InChI=1S/C11H20N2O2/c1-11(2,3)15-10(14)13-7-8-9(13)5-4-6-12-8/h8-9,12H,4-7H2,1-3H3. The number of hydrogen-bond acceptors (Lipinski definition) is 3. The van der Waals surface area contributed by atoms with E-state index >= 15 is 0 Å². The number of fused-ring (bicyclic) bond motifs is 1. The average Bonchev–Trinajstić information content (AvgIpc) is 2.03. The first kappa shape index (κ1) is 10.7. The number of carbonyl (C=O) groups excluding carboxylic acids is 1. The highest BCUT2D eigenvalue weighted by Gasteiger charge is 2.44. The zero-order valence-electron chi connectivity index (χ0n) is 9.75. The SMILES string of the molecule is CC(C)(C)OC(=O)N1CC2NCCCC21. The van der Waals surface area contributed by atoms with Crippen molar-refractivity contribution in [2.24, 2.45) is 0 Å². The topological polar surface area (TPSA) is 41.6 Å². The summed E-state index contributed by atoms with van der Waals surface area (Å²) in [7, 11) is 0. The van der Waals surface area contributed by atoms with Gasteiger partial charge in [-0.3, -0.25) is 0 Å². The third kappa shape index (κ3) is 2.25. The van der Waals surface area contributed by atoms with Gasteiger partial charge in [-0.05, 0) is 40.2 Å². The van der Waals surface area contributed by atoms with Crippen LogP contribution >= 0.6 is 0 Å². The second-order valence-electron chi connectivity index (χ2n) is 5.40. The van der Waals surface area contributed by atoms with Crippen molar-refractivity contribution in [2.75, 3.05) is 13.1 Å². The molecule has 2 fully saturated rings. The normalized spacial score (nSPS) is 30.5. The van der Waals surface area contributed by atoms with Crippen LogP contribution in [-0.2, 0) is 4.74 Å². The Bertz CT molecular complexity index is 260. The Kier molecular flexibility index (Phi) is 2.63. The predicted molar refractivity (Wildman–Crippen MR) is 57.8 cm³/mol. The van der Waals surface area contributed by atoms with Crippen LogP contribution in [0.2, 0.25) is 0 Å². The first-order valence-corrected chi connectivity index (χ1v) is 5.70. The van der Waals surface area contributed by atoms with Crippen molar-refractivity contribution in [1.29, 1.82) is 0 Å². The van der Waals surface area contributed by atoms with Gasteiger partial charge in [0.2, 0.25) is 0 Å². The molecule has 0 aromatic rings. The van der Waals surface area contributed by atoms with Crippen LogP contribution in [0.25, 0.3) is 0 Å². The second-order valence-corrected chi connectivity index (χ2v) is 5.40. The Morgan fingerprint density at radius 3 is 2.80 bits per heavy atom. The van der Waals surface area contributed by atoms with Gasteiger partial charge in [0.25, 0.3) is 0 Å². The molecule has 2 unspecified atom stereocenters. The Morgan fingerprint density at radius 1 is 1.47 bits per heavy atom. The zero-order chi connectivity index (χ0) is 11.1. The number of hydrogen-bond donors (Lipinski definition) is 1. The van der Waals surface area contributed by atoms with Crippen molar-refractivity contribution >= 4 is 6.09 Å². The van der Waals surface area contributed by atoms with Gasteiger partial charge in [0.05, 0.1) is 6.04 Å². The third-order valence-corrected chi connectivity index (χ3v) is 2.97. The van der Waals surface area contributed by atoms with Crippen molar-refractivity contribution in [3.8, 4) is 0 Å². The van der Waals surface area contributed by atoms with E-state index in [1.165, 1.54) is 0 Å². The molecule has 0 aliphatic carbocycles. The number of carbonyl (C=O) groups is 1. The average molecular weight is 212 g/mol. The van der Waals surface area contributed by atoms with E-state index in [4.69, 9.17) is 4.74 Å². The summed E-state index contributed by atoms with van der Waals surface area (Å²) in [5, 5.41) is 3.42. The van der Waals surface area contributed by atoms with Gasteiger partial charge in [0.15, 0.2) is 0 Å². The smallest absolute Gasteiger partial charge is 0.410 e. The van der Waals surface area contributed by atoms with E-state index < -0.39 is 0 Å². The maximum atomic E-state index is 11.8. The van der Waals surface area contributed by atoms with Crippen LogP contribution in [0.4, 0.5) is 4.79 Å². The molecule has 2 saturated heterocycles. The van der Waals surface area contributed by atoms with Crippen molar-refractivity contribution in [3.05, 3.63) is 0 Å². The van der Waals surface area contributed by atoms with Gasteiger partial charge in [-0.1, -0.05) is 0 Å². The minimum atomic E-state index is -0.385. The summed E-state index contributed by atoms with van der Waals surface area (Å²) < 4.78 is 5.35. The highest BCUT2D eigenvalue weighted by atomic mass is 16.6. The first-order chi connectivity index (χ1) is 6.97. The third-order valence-electron chi connectivity index (χ3n) is 2.97. The Morgan fingerprint density at radius 2 is 2.20 bits per heavy atom. The van der Waals surface area contributed by atoms with Gasteiger partial charge >= 0.3 is 6.09 Å². The number of amides is 1. The van der Waals surface area contributed by atoms with E-state index in [9.17, 15) is 4.79 Å². The van der Waals surface area contributed by atoms with Gasteiger partial charge in [0.1, 0.15) is 5.60 Å². The molecule has 0 radical (unpaired) electrons. The maximum absolute atomic E-state index is 11.8. The summed E-state index contributed by atoms with van der Waals surface area (Å²) in [6.07, 6.45) is 2.10. The molecule has 4 nitrogen and oxygen atoms in total. The molecule has 1 amide bonds. The highest BCUT2D eigenvalue weighted by Crippen LogP contribution is 2.27. The largest absolute Gasteiger partial charge is 0.444 e. The van der Waals surface area contributed by atoms with Crippen molar-refractivity contribution in [3.63, 3.8) is 0 Å². The fourth-order valence-electron chi connectivity index (χ4n) is 2.23. The summed E-state index contributed by atoms with van der Waals surface area (Å²) in [6, 6.07) is 0.875. The molecule has 0 aromatic heterocycles. The Hall–Kier alpha value is -0.770. The lowest BCUT2D eigenvalue weighted by Gasteiger charge is -2.50. The van der Waals surface area contributed by atoms with Crippen LogP contribution in [0, 0.1) is 0 Å². The van der Waals surface area contributed by atoms with E-state index in [0.717, 1.165) is 25.9 Å². The van der Waals surface area contributed by atoms with E-state index in [0.29, 0.717) is 12.1 Å². The Labute approximate surface area is 91.0 Å². The number of piperidine rings is 1. The lowest BCUT2D eigenvalue weighted by atomic mass is 9.89. The number of rotatable bonds is 0. The quantitative estimate of drug-likeness (QED) is 0.659. The van der Waals surface area contributed by atoms with Gasteiger partial charge in [-0.15, -0.1) is 0 Å². The molecule has 0 aromatic carbocycles. The summed E-state index contributed by atoms with van der Waals surface area (Å²) >= 11 is 0. The number of nitrogens with one attached hydrogen (secondary N) is 1. The van der Waals surface area contributed by atoms with Crippen LogP contribution < -0.4 is 5.32 Å². The number of likely N-dealkylation sites (tertiary alicyclic amines) is 1. The first-order valence-electron chi connectivity index (χ1n) is 5.70. The van der Waals surface area contributed by atoms with Crippen LogP contribution in [0.5, 0.6) is 0 Å². The zero-order valence-corrected chi connectivity index (χ0v) is 9.75. The summed E-state index contributed by atoms with van der Waals surface area (Å²) in [4.78, 5) is 13.6. The van der Waals surface area contributed by atoms with Gasteiger partial charge < -0.3 is 15.0 Å². The predicted octanol–water partition coefficient (Wildman–Crippen LogP) is 1.36. The van der Waals surface area contributed by atoms with Crippen LogP contribution in [0.3, 0.4) is 0 Å². The minimum absolute atomic E-state index is 0.160. The lowest BCUT2D eigenvalue weighted by molar-refractivity contribution is -0.0268. The van der Waals surface area contributed by atoms with Crippen LogP contribution in [0.1, 0.15) is 33.6 Å². The number of nitrogens with zero attached hydrogens (tertiary/aromatic N) is 1. The second kappa shape index (κ2) is 3.67. The molecule has 2 aliphatic heterocycles. The maximum Gasteiger partial charge on any atom is 0.410 e. The van der Waals surface area contributed by atoms with Gasteiger partial charge in [0, 0.05) is 12.6 Å². The Balaban J connectivity index is 1.88. The van der Waals surface area contributed by atoms with E-state index in [2.05, 4.69) is 5.32 Å². The molecule has 2 heterocycles. The fraction of sp³-hybridized carbons (Fsp3) is 0.909. The molecule has 15 heavy (non-hydrogen) atoms. The molecule has 0 bridgehead atoms. The molecule has 2 rings (SSSR count). The molecule has 0 saturated carbocycles. The van der Waals surface area contributed by atoms with Crippen LogP contribution in [-0.4, -0.2) is 41.8 Å². The highest BCUT2D eigenvalue weighted by molar-refractivity contribution is 5.70. The fourth-order valence-corrected chi connectivity index (χ4v) is 2.23. The van der Waals surface area contributed by atoms with Crippen molar-refractivity contribution in [2.45, 2.75) is 51.3 Å². The van der Waals surface area contributed by atoms with E-state index in [1.54, 1.807) is 0 Å². The van der Waals surface area contributed by atoms with Gasteiger partial charge in [-0.25, -0.2) is 4.79 Å². The van der Waals surface area contributed by atoms with Crippen LogP contribution in [0.15, 0.2) is 0 Å². The molecular weight excluding hydrogens is 192 g/mol. The van der Waals surface area contributed by atoms with Crippen molar-refractivity contribution < 1.29 is 9.53 Å². The minimum Gasteiger partial charge on any atom is -0.444 e. The summed E-state index contributed by atoms with van der Waals surface area (Å²) in [5.74, 6) is 0. The van der Waals surface area contributed by atoms with Gasteiger partial charge in [-0.2, -0.15) is 0 Å². The number of ether oxygens (including phenoxy) is 1. The molecule has 4 heteroatoms. The molecule has 0 spiro atoms. The molecule has 2 atom stereocenters. The van der Waals surface area contributed by atoms with E-state index in [-0.39, 0.29) is 11.7 Å². The molecule has 2 aliphatic rings. The monoisotopic (exact) mass is 212 g/mol. The van der Waals surface area contributed by atoms with Crippen molar-refractivity contribution in [1.82, 2.24) is 10.2 Å². The molecular formula is C11H20N2O2. The molecule has 1 N–H and O–H groups in total. The lowest BCUT2D eigenvalue weighted by Crippen LogP contribution is -2.69.